The quantitative estimate of drug-likeness (QED) is 0.896. The molecule has 2 aromatic rings. The summed E-state index contributed by atoms with van der Waals surface area (Å²) in [5, 5.41) is 11.6. The van der Waals surface area contributed by atoms with Gasteiger partial charge in [-0.3, -0.25) is 4.79 Å². The fraction of sp³-hybridized carbons (Fsp3) is 0.0909. The smallest absolute Gasteiger partial charge is 0.339 e. The summed E-state index contributed by atoms with van der Waals surface area (Å²) in [5.41, 5.74) is 0.282. The van der Waals surface area contributed by atoms with Gasteiger partial charge in [-0.25, -0.2) is 4.79 Å². The Morgan fingerprint density at radius 2 is 2.20 bits per heavy atom. The molecular weight excluding hydrogens is 306 g/mol. The summed E-state index contributed by atoms with van der Waals surface area (Å²) < 4.78 is 12.5. The molecule has 0 radical (unpaired) electrons. The molecule has 0 aliphatic carbocycles. The second-order valence-corrected chi connectivity index (χ2v) is 4.55. The van der Waals surface area contributed by atoms with E-state index < -0.39 is 11.9 Å². The number of ether oxygens (including phenoxy) is 1. The highest BCUT2D eigenvalue weighted by atomic mass is 35.5. The minimum atomic E-state index is -1.18. The molecule has 0 aliphatic rings. The van der Waals surface area contributed by atoms with Crippen molar-refractivity contribution in [1.29, 1.82) is 0 Å². The Bertz CT molecular complexity index is 660. The van der Waals surface area contributed by atoms with Crippen molar-refractivity contribution in [1.82, 2.24) is 8.75 Å². The number of carboxylic acid groups (broad SMARTS) is 1. The average Bonchev–Trinajstić information content (AvgIpc) is 2.94. The molecule has 1 amide bonds. The van der Waals surface area contributed by atoms with E-state index in [0.29, 0.717) is 0 Å². The lowest BCUT2D eigenvalue weighted by molar-refractivity contribution is 0.0693. The van der Waals surface area contributed by atoms with Crippen LogP contribution in [0.25, 0.3) is 0 Å². The minimum Gasteiger partial charge on any atom is -0.496 e. The second-order valence-electron chi connectivity index (χ2n) is 3.58. The van der Waals surface area contributed by atoms with Crippen LogP contribution < -0.4 is 10.1 Å². The highest BCUT2D eigenvalue weighted by Crippen LogP contribution is 2.31. The molecule has 1 heterocycles. The van der Waals surface area contributed by atoms with E-state index in [2.05, 4.69) is 14.1 Å². The number of nitrogens with one attached hydrogen (secondary N) is 1. The first-order valence-electron chi connectivity index (χ1n) is 5.22. The molecule has 20 heavy (non-hydrogen) atoms. The van der Waals surface area contributed by atoms with Crippen molar-refractivity contribution in [2.45, 2.75) is 0 Å². The van der Waals surface area contributed by atoms with Crippen LogP contribution in [-0.4, -0.2) is 32.8 Å². The molecule has 0 saturated carbocycles. The molecular formula is C11H8ClN3O4S. The summed E-state index contributed by atoms with van der Waals surface area (Å²) in [6.45, 7) is 0. The fourth-order valence-electron chi connectivity index (χ4n) is 1.44. The van der Waals surface area contributed by atoms with E-state index in [1.165, 1.54) is 25.4 Å². The summed E-state index contributed by atoms with van der Waals surface area (Å²) in [6.07, 6.45) is 1.32. The molecule has 2 rings (SSSR count). The molecule has 0 spiro atoms. The number of benzene rings is 1. The first-order valence-corrected chi connectivity index (χ1v) is 6.33. The zero-order valence-corrected chi connectivity index (χ0v) is 11.7. The number of hydrogen-bond donors (Lipinski definition) is 2. The Morgan fingerprint density at radius 1 is 1.45 bits per heavy atom. The van der Waals surface area contributed by atoms with E-state index in [4.69, 9.17) is 21.4 Å². The third-order valence-corrected chi connectivity index (χ3v) is 3.15. The van der Waals surface area contributed by atoms with Crippen LogP contribution in [0.15, 0.2) is 18.3 Å². The maximum Gasteiger partial charge on any atom is 0.339 e. The molecule has 0 fully saturated rings. The summed E-state index contributed by atoms with van der Waals surface area (Å²) in [4.78, 5) is 22.8. The first-order chi connectivity index (χ1) is 9.52. The van der Waals surface area contributed by atoms with Gasteiger partial charge < -0.3 is 15.2 Å². The number of carbonyl (C=O) groups excluding carboxylic acids is 1. The third kappa shape index (κ3) is 2.86. The van der Waals surface area contributed by atoms with E-state index in [1.54, 1.807) is 0 Å². The van der Waals surface area contributed by atoms with Crippen LogP contribution in [0.2, 0.25) is 5.02 Å². The van der Waals surface area contributed by atoms with Crippen LogP contribution >= 0.6 is 23.3 Å². The average molecular weight is 314 g/mol. The lowest BCUT2D eigenvalue weighted by atomic mass is 10.1. The van der Waals surface area contributed by atoms with E-state index >= 15 is 0 Å². The van der Waals surface area contributed by atoms with Crippen molar-refractivity contribution in [3.8, 4) is 5.75 Å². The Morgan fingerprint density at radius 3 is 2.75 bits per heavy atom. The monoisotopic (exact) mass is 313 g/mol. The molecule has 2 N–H and O–H groups in total. The van der Waals surface area contributed by atoms with Gasteiger partial charge in [-0.1, -0.05) is 11.6 Å². The van der Waals surface area contributed by atoms with Crippen molar-refractivity contribution < 1.29 is 19.4 Å². The van der Waals surface area contributed by atoms with E-state index in [-0.39, 0.29) is 27.7 Å². The standard InChI is InChI=1S/C11H8ClN3O4S/c1-19-9-3-7(6(12)2-5(9)11(17)18)14-10(16)8-4-13-20-15-8/h2-4H,1H3,(H,14,16)(H,17,18). The maximum atomic E-state index is 11.8. The summed E-state index contributed by atoms with van der Waals surface area (Å²) in [6, 6.07) is 2.54. The molecule has 104 valence electrons. The Hall–Kier alpha value is -2.19. The normalized spacial score (nSPS) is 10.1. The molecule has 0 saturated heterocycles. The highest BCUT2D eigenvalue weighted by molar-refractivity contribution is 6.99. The van der Waals surface area contributed by atoms with Crippen molar-refractivity contribution in [3.05, 3.63) is 34.6 Å². The maximum absolute atomic E-state index is 11.8. The molecule has 0 aliphatic heterocycles. The molecule has 7 nitrogen and oxygen atoms in total. The van der Waals surface area contributed by atoms with Gasteiger partial charge >= 0.3 is 5.97 Å². The van der Waals surface area contributed by atoms with Crippen molar-refractivity contribution in [2.24, 2.45) is 0 Å². The Balaban J connectivity index is 2.33. The van der Waals surface area contributed by atoms with Gasteiger partial charge in [0.1, 0.15) is 11.3 Å². The number of hydrogen-bond acceptors (Lipinski definition) is 6. The number of nitrogens with zero attached hydrogens (tertiary/aromatic N) is 2. The number of carbonyl (C=O) groups is 2. The van der Waals surface area contributed by atoms with Crippen molar-refractivity contribution in [3.63, 3.8) is 0 Å². The summed E-state index contributed by atoms with van der Waals surface area (Å²) >= 11 is 6.84. The van der Waals surface area contributed by atoms with E-state index in [1.807, 2.05) is 0 Å². The van der Waals surface area contributed by atoms with E-state index in [0.717, 1.165) is 11.7 Å². The number of aromatic nitrogens is 2. The zero-order valence-electron chi connectivity index (χ0n) is 10.1. The van der Waals surface area contributed by atoms with Gasteiger partial charge in [0.05, 0.1) is 35.7 Å². The Kier molecular flexibility index (Phi) is 4.16. The van der Waals surface area contributed by atoms with Gasteiger partial charge in [-0.2, -0.15) is 8.75 Å². The lowest BCUT2D eigenvalue weighted by Crippen LogP contribution is -2.13. The van der Waals surface area contributed by atoms with Crippen LogP contribution in [0.1, 0.15) is 20.8 Å². The molecule has 9 heteroatoms. The van der Waals surface area contributed by atoms with Gasteiger partial charge in [-0.15, -0.1) is 0 Å². The fourth-order valence-corrected chi connectivity index (χ4v) is 2.06. The van der Waals surface area contributed by atoms with Crippen LogP contribution in [0.5, 0.6) is 5.75 Å². The van der Waals surface area contributed by atoms with Gasteiger partial charge in [0.15, 0.2) is 5.69 Å². The Labute approximate surface area is 122 Å². The molecule has 0 atom stereocenters. The van der Waals surface area contributed by atoms with Crippen LogP contribution in [0.3, 0.4) is 0 Å². The summed E-state index contributed by atoms with van der Waals surface area (Å²) in [7, 11) is 1.33. The third-order valence-electron chi connectivity index (χ3n) is 2.36. The number of aromatic carboxylic acids is 1. The largest absolute Gasteiger partial charge is 0.496 e. The number of anilines is 1. The summed E-state index contributed by atoms with van der Waals surface area (Å²) in [5.74, 6) is -1.58. The SMILES string of the molecule is COc1cc(NC(=O)c2cnsn2)c(Cl)cc1C(=O)O. The topological polar surface area (TPSA) is 101 Å². The van der Waals surface area contributed by atoms with Gasteiger partial charge in [-0.05, 0) is 6.07 Å². The molecule has 0 unspecified atom stereocenters. The number of carboxylic acids is 1. The zero-order chi connectivity index (χ0) is 14.7. The number of rotatable bonds is 4. The molecule has 0 bridgehead atoms. The number of methoxy groups -OCH3 is 1. The van der Waals surface area contributed by atoms with Gasteiger partial charge in [0.2, 0.25) is 0 Å². The first kappa shape index (κ1) is 14.2. The number of halogens is 1. The molecule has 1 aromatic heterocycles. The van der Waals surface area contributed by atoms with Crippen LogP contribution in [-0.2, 0) is 0 Å². The number of amides is 1. The van der Waals surface area contributed by atoms with Crippen LogP contribution in [0, 0.1) is 0 Å². The van der Waals surface area contributed by atoms with Gasteiger partial charge in [0, 0.05) is 6.07 Å². The highest BCUT2D eigenvalue weighted by Gasteiger charge is 2.17. The van der Waals surface area contributed by atoms with Crippen molar-refractivity contribution in [2.75, 3.05) is 12.4 Å². The molecule has 1 aromatic carbocycles. The predicted octanol–water partition coefficient (Wildman–Crippen LogP) is 2.15. The lowest BCUT2D eigenvalue weighted by Gasteiger charge is -2.10. The van der Waals surface area contributed by atoms with Crippen LogP contribution in [0.4, 0.5) is 5.69 Å². The second kappa shape index (κ2) is 5.85. The van der Waals surface area contributed by atoms with Gasteiger partial charge in [0.25, 0.3) is 5.91 Å². The van der Waals surface area contributed by atoms with Crippen molar-refractivity contribution >= 4 is 40.9 Å². The minimum absolute atomic E-state index is 0.0831. The predicted molar refractivity (Wildman–Crippen MR) is 72.8 cm³/mol. The van der Waals surface area contributed by atoms with E-state index in [9.17, 15) is 9.59 Å².